The van der Waals surface area contributed by atoms with Crippen LogP contribution in [0.3, 0.4) is 0 Å². The zero-order chi connectivity index (χ0) is 31.0. The monoisotopic (exact) mass is 585 g/mol. The lowest BCUT2D eigenvalue weighted by atomic mass is 9.92. The molecule has 12 heteroatoms. The minimum Gasteiger partial charge on any atom is -0.457 e. The number of carbonyl (C=O) groups is 3. The molecule has 0 aliphatic carbocycles. The Morgan fingerprint density at radius 2 is 1.56 bits per heavy atom. The summed E-state index contributed by atoms with van der Waals surface area (Å²) in [4.78, 5) is 40.5. The minimum atomic E-state index is -0.746. The molecule has 0 saturated carbocycles. The van der Waals surface area contributed by atoms with Crippen LogP contribution in [0.5, 0.6) is 11.5 Å². The van der Waals surface area contributed by atoms with Gasteiger partial charge in [-0.3, -0.25) is 15.1 Å². The third-order valence-electron chi connectivity index (χ3n) is 6.28. The molecule has 2 heterocycles. The number of nitrogens with one attached hydrogen (secondary N) is 4. The molecule has 0 unspecified atom stereocenters. The van der Waals surface area contributed by atoms with Crippen LogP contribution in [0.1, 0.15) is 39.0 Å². The normalized spacial score (nSPS) is 11.7. The van der Waals surface area contributed by atoms with Gasteiger partial charge in [-0.2, -0.15) is 5.10 Å². The summed E-state index contributed by atoms with van der Waals surface area (Å²) in [5, 5.41) is 15.7. The Hall–Kier alpha value is -5.39. The molecule has 0 aliphatic rings. The molecule has 2 aromatic carbocycles. The first-order valence-electron chi connectivity index (χ1n) is 13.6. The van der Waals surface area contributed by atoms with Gasteiger partial charge in [-0.15, -0.1) is 0 Å². The molecule has 0 bridgehead atoms. The summed E-state index contributed by atoms with van der Waals surface area (Å²) in [5.74, 6) is 1.44. The molecule has 0 saturated heterocycles. The van der Waals surface area contributed by atoms with Crippen molar-refractivity contribution in [2.24, 2.45) is 0 Å². The van der Waals surface area contributed by atoms with Gasteiger partial charge < -0.3 is 25.4 Å². The van der Waals surface area contributed by atoms with Crippen LogP contribution in [-0.4, -0.2) is 45.9 Å². The zero-order valence-corrected chi connectivity index (χ0v) is 24.7. The third kappa shape index (κ3) is 8.55. The Balaban J connectivity index is 1.42. The zero-order valence-electron chi connectivity index (χ0n) is 24.7. The molecule has 43 heavy (non-hydrogen) atoms. The predicted molar refractivity (Wildman–Crippen MR) is 163 cm³/mol. The van der Waals surface area contributed by atoms with Crippen molar-refractivity contribution in [3.63, 3.8) is 0 Å². The number of pyridine rings is 1. The highest BCUT2D eigenvalue weighted by Crippen LogP contribution is 2.27. The Bertz CT molecular complexity index is 1550. The average Bonchev–Trinajstić information content (AvgIpc) is 3.42. The molecule has 0 aliphatic heterocycles. The first-order valence-corrected chi connectivity index (χ1v) is 13.6. The van der Waals surface area contributed by atoms with Crippen LogP contribution in [0.25, 0.3) is 5.69 Å². The Labute approximate surface area is 249 Å². The van der Waals surface area contributed by atoms with Crippen LogP contribution >= 0.6 is 0 Å². The topological polar surface area (TPSA) is 148 Å². The van der Waals surface area contributed by atoms with E-state index in [1.807, 2.05) is 51.1 Å². The number of hydrogen-bond acceptors (Lipinski definition) is 7. The summed E-state index contributed by atoms with van der Waals surface area (Å²) in [6.07, 6.45) is 2.62. The summed E-state index contributed by atoms with van der Waals surface area (Å²) < 4.78 is 12.0. The first-order chi connectivity index (χ1) is 20.5. The highest BCUT2D eigenvalue weighted by Gasteiger charge is 2.22. The van der Waals surface area contributed by atoms with Crippen LogP contribution in [0.2, 0.25) is 0 Å². The number of benzene rings is 2. The van der Waals surface area contributed by atoms with E-state index >= 15 is 0 Å². The number of carbonyl (C=O) groups excluding carboxylic acids is 3. The molecular weight excluding hydrogens is 550 g/mol. The van der Waals surface area contributed by atoms with Gasteiger partial charge in [0, 0.05) is 36.1 Å². The SMILES string of the molecule is COC(=O)N[C@H](C)C(=O)NCc1ccc(-n2nc(C(C)(C)C)cc2NC(=O)Nc2ccc(Oc3ccncc3)cc2)cc1. The molecular formula is C31H35N7O5. The lowest BCUT2D eigenvalue weighted by molar-refractivity contribution is -0.122. The summed E-state index contributed by atoms with van der Waals surface area (Å²) in [5.41, 5.74) is 2.68. The van der Waals surface area contributed by atoms with Crippen molar-refractivity contribution in [2.75, 3.05) is 17.7 Å². The van der Waals surface area contributed by atoms with Crippen LogP contribution < -0.4 is 26.0 Å². The molecule has 2 aromatic heterocycles. The minimum absolute atomic E-state index is 0.262. The fourth-order valence-electron chi connectivity index (χ4n) is 3.86. The smallest absolute Gasteiger partial charge is 0.407 e. The number of methoxy groups -OCH3 is 1. The second kappa shape index (κ2) is 13.5. The van der Waals surface area contributed by atoms with Crippen molar-refractivity contribution < 1.29 is 23.9 Å². The lowest BCUT2D eigenvalue weighted by Gasteiger charge is -2.14. The van der Waals surface area contributed by atoms with Gasteiger partial charge in [0.1, 0.15) is 23.4 Å². The fourth-order valence-corrected chi connectivity index (χ4v) is 3.86. The molecule has 4 N–H and O–H groups in total. The van der Waals surface area contributed by atoms with Gasteiger partial charge in [-0.25, -0.2) is 14.3 Å². The Morgan fingerprint density at radius 3 is 2.19 bits per heavy atom. The number of ether oxygens (including phenoxy) is 2. The fraction of sp³-hybridized carbons (Fsp3) is 0.258. The van der Waals surface area contributed by atoms with Gasteiger partial charge in [-0.1, -0.05) is 32.9 Å². The van der Waals surface area contributed by atoms with Crippen molar-refractivity contribution >= 4 is 29.5 Å². The number of rotatable bonds is 9. The summed E-state index contributed by atoms with van der Waals surface area (Å²) in [6.45, 7) is 7.96. The van der Waals surface area contributed by atoms with Crippen molar-refractivity contribution in [3.05, 3.63) is 90.4 Å². The van der Waals surface area contributed by atoms with Crippen molar-refractivity contribution in [3.8, 4) is 17.2 Å². The van der Waals surface area contributed by atoms with Gasteiger partial charge in [-0.05, 0) is 61.0 Å². The maximum Gasteiger partial charge on any atom is 0.407 e. The quantitative estimate of drug-likeness (QED) is 0.207. The number of aromatic nitrogens is 3. The van der Waals surface area contributed by atoms with E-state index in [1.54, 1.807) is 60.4 Å². The largest absolute Gasteiger partial charge is 0.457 e. The van der Waals surface area contributed by atoms with E-state index in [4.69, 9.17) is 9.84 Å². The number of amides is 4. The molecule has 0 spiro atoms. The van der Waals surface area contributed by atoms with Crippen molar-refractivity contribution in [1.82, 2.24) is 25.4 Å². The highest BCUT2D eigenvalue weighted by molar-refractivity contribution is 5.99. The third-order valence-corrected chi connectivity index (χ3v) is 6.28. The highest BCUT2D eigenvalue weighted by atomic mass is 16.5. The maximum atomic E-state index is 13.0. The predicted octanol–water partition coefficient (Wildman–Crippen LogP) is 5.36. The van der Waals surface area contributed by atoms with Crippen LogP contribution in [-0.2, 0) is 21.5 Å². The van der Waals surface area contributed by atoms with Crippen LogP contribution in [0.4, 0.5) is 21.1 Å². The van der Waals surface area contributed by atoms with E-state index in [-0.39, 0.29) is 17.9 Å². The lowest BCUT2D eigenvalue weighted by Crippen LogP contribution is -2.44. The van der Waals surface area contributed by atoms with Gasteiger partial charge in [0.15, 0.2) is 0 Å². The van der Waals surface area contributed by atoms with Gasteiger partial charge in [0.05, 0.1) is 18.5 Å². The summed E-state index contributed by atoms with van der Waals surface area (Å²) in [6, 6.07) is 18.6. The van der Waals surface area contributed by atoms with E-state index in [1.165, 1.54) is 7.11 Å². The first kappa shape index (κ1) is 30.6. The van der Waals surface area contributed by atoms with E-state index in [2.05, 4.69) is 31.0 Å². The van der Waals surface area contributed by atoms with E-state index in [9.17, 15) is 14.4 Å². The number of alkyl carbamates (subject to hydrolysis) is 1. The average molecular weight is 586 g/mol. The van der Waals surface area contributed by atoms with Crippen molar-refractivity contribution in [1.29, 1.82) is 0 Å². The number of anilines is 2. The van der Waals surface area contributed by atoms with E-state index in [0.29, 0.717) is 23.0 Å². The van der Waals surface area contributed by atoms with Gasteiger partial charge in [0.25, 0.3) is 0 Å². The molecule has 1 atom stereocenters. The standard InChI is InChI=1S/C31H35N7O5/c1-20(34-30(41)42-5)28(39)33-19-21-6-10-23(11-7-21)38-27(18-26(37-38)31(2,3)4)36-29(40)35-22-8-12-24(13-9-22)43-25-14-16-32-17-15-25/h6-18,20H,19H2,1-5H3,(H,33,39)(H,34,41)(H2,35,36,40)/t20-/m1/s1. The molecule has 4 rings (SSSR count). The summed E-state index contributed by atoms with van der Waals surface area (Å²) in [7, 11) is 1.24. The van der Waals surface area contributed by atoms with Crippen molar-refractivity contribution in [2.45, 2.75) is 45.7 Å². The van der Waals surface area contributed by atoms with E-state index in [0.717, 1.165) is 16.9 Å². The second-order valence-electron chi connectivity index (χ2n) is 10.7. The second-order valence-corrected chi connectivity index (χ2v) is 10.7. The summed E-state index contributed by atoms with van der Waals surface area (Å²) >= 11 is 0. The molecule has 4 amide bonds. The molecule has 12 nitrogen and oxygen atoms in total. The maximum absolute atomic E-state index is 13.0. The molecule has 0 radical (unpaired) electrons. The van der Waals surface area contributed by atoms with Crippen LogP contribution in [0.15, 0.2) is 79.1 Å². The number of nitrogens with zero attached hydrogens (tertiary/aromatic N) is 3. The van der Waals surface area contributed by atoms with Gasteiger partial charge in [0.2, 0.25) is 5.91 Å². The molecule has 224 valence electrons. The Kier molecular flexibility index (Phi) is 9.61. The number of urea groups is 1. The molecule has 0 fully saturated rings. The molecule has 4 aromatic rings. The van der Waals surface area contributed by atoms with E-state index < -0.39 is 18.2 Å². The van der Waals surface area contributed by atoms with Crippen LogP contribution in [0, 0.1) is 0 Å². The number of hydrogen-bond donors (Lipinski definition) is 4. The van der Waals surface area contributed by atoms with Gasteiger partial charge >= 0.3 is 12.1 Å². The Morgan fingerprint density at radius 1 is 0.907 bits per heavy atom.